The zero-order valence-electron chi connectivity index (χ0n) is 7.49. The lowest BCUT2D eigenvalue weighted by molar-refractivity contribution is 0.635. The second-order valence-electron chi connectivity index (χ2n) is 2.69. The third-order valence-electron chi connectivity index (χ3n) is 1.69. The number of nitrogens with zero attached hydrogens (tertiary/aromatic N) is 2. The van der Waals surface area contributed by atoms with Crippen molar-refractivity contribution in [3.63, 3.8) is 0 Å². The number of hydrogen-bond acceptors (Lipinski definition) is 1. The topological polar surface area (TPSA) is 91.5 Å². The summed E-state index contributed by atoms with van der Waals surface area (Å²) in [7, 11) is 1.75. The summed E-state index contributed by atoms with van der Waals surface area (Å²) in [5.41, 5.74) is 11.2. The maximum atomic E-state index is 7.49. The fraction of sp³-hybridized carbons (Fsp3) is 0.250. The molecule has 5 heteroatoms. The third kappa shape index (κ3) is 2.33. The SMILES string of the molecule is CN(C(=N)N=C(N)N)C1=CCC=C1. The first kappa shape index (κ1) is 9.31. The number of guanidine groups is 2. The van der Waals surface area contributed by atoms with Gasteiger partial charge in [0.05, 0.1) is 0 Å². The molecule has 0 spiro atoms. The molecule has 13 heavy (non-hydrogen) atoms. The Kier molecular flexibility index (Phi) is 2.69. The summed E-state index contributed by atoms with van der Waals surface area (Å²) in [5, 5.41) is 7.49. The number of allylic oxidation sites excluding steroid dienone is 3. The molecular weight excluding hydrogens is 166 g/mol. The smallest absolute Gasteiger partial charge is 0.225 e. The summed E-state index contributed by atoms with van der Waals surface area (Å²) in [5.74, 6) is -0.0581. The highest BCUT2D eigenvalue weighted by atomic mass is 15.3. The summed E-state index contributed by atoms with van der Waals surface area (Å²) in [6.45, 7) is 0. The number of nitrogens with two attached hydrogens (primary N) is 2. The molecular formula is C8H13N5. The van der Waals surface area contributed by atoms with E-state index in [-0.39, 0.29) is 11.9 Å². The van der Waals surface area contributed by atoms with Crippen molar-refractivity contribution >= 4 is 11.9 Å². The van der Waals surface area contributed by atoms with Crippen LogP contribution in [-0.4, -0.2) is 23.9 Å². The van der Waals surface area contributed by atoms with E-state index < -0.39 is 0 Å². The average molecular weight is 179 g/mol. The molecule has 0 unspecified atom stereocenters. The molecule has 0 aliphatic heterocycles. The Morgan fingerprint density at radius 3 is 2.77 bits per heavy atom. The van der Waals surface area contributed by atoms with Crippen molar-refractivity contribution < 1.29 is 0 Å². The van der Waals surface area contributed by atoms with Crippen molar-refractivity contribution in [2.75, 3.05) is 7.05 Å². The molecule has 0 bridgehead atoms. The molecule has 0 radical (unpaired) electrons. The molecule has 1 aliphatic rings. The van der Waals surface area contributed by atoms with Crippen LogP contribution < -0.4 is 11.5 Å². The predicted octanol–water partition coefficient (Wildman–Crippen LogP) is -0.0298. The van der Waals surface area contributed by atoms with E-state index in [1.807, 2.05) is 18.2 Å². The van der Waals surface area contributed by atoms with E-state index in [1.165, 1.54) is 0 Å². The molecule has 0 saturated heterocycles. The lowest BCUT2D eigenvalue weighted by Gasteiger charge is -2.16. The van der Waals surface area contributed by atoms with Gasteiger partial charge in [-0.05, 0) is 12.5 Å². The van der Waals surface area contributed by atoms with Gasteiger partial charge in [-0.1, -0.05) is 12.2 Å². The Morgan fingerprint density at radius 2 is 2.31 bits per heavy atom. The Bertz CT molecular complexity index is 296. The standard InChI is InChI=1S/C8H13N5/c1-13(6-4-2-3-5-6)8(11)12-7(9)10/h2,4-5H,3H2,1H3,(H5,9,10,11,12). The van der Waals surface area contributed by atoms with E-state index >= 15 is 0 Å². The molecule has 0 aromatic rings. The monoisotopic (exact) mass is 179 g/mol. The van der Waals surface area contributed by atoms with Crippen molar-refractivity contribution in [2.45, 2.75) is 6.42 Å². The van der Waals surface area contributed by atoms with Crippen molar-refractivity contribution in [3.8, 4) is 0 Å². The van der Waals surface area contributed by atoms with Gasteiger partial charge in [-0.25, -0.2) is 0 Å². The molecule has 5 nitrogen and oxygen atoms in total. The zero-order valence-corrected chi connectivity index (χ0v) is 7.49. The van der Waals surface area contributed by atoms with Crippen LogP contribution in [0.15, 0.2) is 28.9 Å². The minimum Gasteiger partial charge on any atom is -0.370 e. The molecule has 0 amide bonds. The molecule has 0 heterocycles. The molecule has 1 aliphatic carbocycles. The highest BCUT2D eigenvalue weighted by molar-refractivity contribution is 5.92. The van der Waals surface area contributed by atoms with Gasteiger partial charge in [-0.15, -0.1) is 0 Å². The van der Waals surface area contributed by atoms with Crippen molar-refractivity contribution in [2.24, 2.45) is 16.5 Å². The summed E-state index contributed by atoms with van der Waals surface area (Å²) in [6.07, 6.45) is 6.83. The summed E-state index contributed by atoms with van der Waals surface area (Å²) >= 11 is 0. The van der Waals surface area contributed by atoms with Crippen LogP contribution in [-0.2, 0) is 0 Å². The fourth-order valence-corrected chi connectivity index (χ4v) is 1.01. The van der Waals surface area contributed by atoms with Crippen LogP contribution in [0, 0.1) is 5.41 Å². The van der Waals surface area contributed by atoms with Gasteiger partial charge in [-0.2, -0.15) is 4.99 Å². The maximum absolute atomic E-state index is 7.49. The minimum atomic E-state index is -0.0978. The van der Waals surface area contributed by atoms with Crippen LogP contribution in [0.1, 0.15) is 6.42 Å². The molecule has 0 aromatic heterocycles. The Balaban J connectivity index is 2.67. The second kappa shape index (κ2) is 3.75. The van der Waals surface area contributed by atoms with E-state index in [2.05, 4.69) is 4.99 Å². The number of aliphatic imine (C=N–C) groups is 1. The van der Waals surface area contributed by atoms with Crippen LogP contribution in [0.2, 0.25) is 0 Å². The lowest BCUT2D eigenvalue weighted by Crippen LogP contribution is -2.29. The highest BCUT2D eigenvalue weighted by Gasteiger charge is 2.08. The summed E-state index contributed by atoms with van der Waals surface area (Å²) in [4.78, 5) is 5.24. The molecule has 0 atom stereocenters. The van der Waals surface area contributed by atoms with Gasteiger partial charge in [0.2, 0.25) is 5.96 Å². The van der Waals surface area contributed by atoms with Crippen molar-refractivity contribution in [1.82, 2.24) is 4.90 Å². The third-order valence-corrected chi connectivity index (χ3v) is 1.69. The molecule has 0 fully saturated rings. The van der Waals surface area contributed by atoms with E-state index in [4.69, 9.17) is 16.9 Å². The number of nitrogens with one attached hydrogen (secondary N) is 1. The van der Waals surface area contributed by atoms with Crippen LogP contribution in [0.3, 0.4) is 0 Å². The normalized spacial score (nSPS) is 13.8. The lowest BCUT2D eigenvalue weighted by atomic mass is 10.4. The molecule has 0 saturated carbocycles. The van der Waals surface area contributed by atoms with Gasteiger partial charge in [0, 0.05) is 12.7 Å². The first-order chi connectivity index (χ1) is 6.11. The minimum absolute atomic E-state index is 0.0396. The molecule has 0 aromatic carbocycles. The molecule has 1 rings (SSSR count). The Morgan fingerprint density at radius 1 is 1.62 bits per heavy atom. The average Bonchev–Trinajstić information content (AvgIpc) is 2.53. The quantitative estimate of drug-likeness (QED) is 0.390. The molecule has 70 valence electrons. The first-order valence-electron chi connectivity index (χ1n) is 3.90. The van der Waals surface area contributed by atoms with Crippen LogP contribution in [0.4, 0.5) is 0 Å². The van der Waals surface area contributed by atoms with Gasteiger partial charge in [0.1, 0.15) is 0 Å². The van der Waals surface area contributed by atoms with Crippen molar-refractivity contribution in [3.05, 3.63) is 23.9 Å². The summed E-state index contributed by atoms with van der Waals surface area (Å²) in [6, 6.07) is 0. The van der Waals surface area contributed by atoms with Gasteiger partial charge in [0.25, 0.3) is 0 Å². The number of hydrogen-bond donors (Lipinski definition) is 3. The van der Waals surface area contributed by atoms with Gasteiger partial charge in [-0.3, -0.25) is 5.41 Å². The van der Waals surface area contributed by atoms with Crippen LogP contribution in [0.25, 0.3) is 0 Å². The van der Waals surface area contributed by atoms with Crippen molar-refractivity contribution in [1.29, 1.82) is 5.41 Å². The first-order valence-corrected chi connectivity index (χ1v) is 3.90. The van der Waals surface area contributed by atoms with Crippen LogP contribution in [0.5, 0.6) is 0 Å². The second-order valence-corrected chi connectivity index (χ2v) is 2.69. The zero-order chi connectivity index (χ0) is 9.84. The van der Waals surface area contributed by atoms with E-state index in [1.54, 1.807) is 11.9 Å². The van der Waals surface area contributed by atoms with E-state index in [0.717, 1.165) is 12.1 Å². The fourth-order valence-electron chi connectivity index (χ4n) is 1.01. The maximum Gasteiger partial charge on any atom is 0.225 e. The number of likely N-dealkylation sites (N-methyl/N-ethyl adjacent to an activating group) is 1. The van der Waals surface area contributed by atoms with E-state index in [0.29, 0.717) is 0 Å². The Hall–Kier alpha value is -1.78. The highest BCUT2D eigenvalue weighted by Crippen LogP contribution is 2.12. The van der Waals surface area contributed by atoms with Gasteiger partial charge < -0.3 is 16.4 Å². The van der Waals surface area contributed by atoms with Crippen LogP contribution >= 0.6 is 0 Å². The Labute approximate surface area is 76.9 Å². The van der Waals surface area contributed by atoms with Gasteiger partial charge >= 0.3 is 0 Å². The van der Waals surface area contributed by atoms with E-state index in [9.17, 15) is 0 Å². The van der Waals surface area contributed by atoms with Gasteiger partial charge in [0.15, 0.2) is 5.96 Å². The predicted molar refractivity (Wildman–Crippen MR) is 53.1 cm³/mol. The molecule has 5 N–H and O–H groups in total. The number of rotatable bonds is 1. The summed E-state index contributed by atoms with van der Waals surface area (Å²) < 4.78 is 0. The largest absolute Gasteiger partial charge is 0.370 e.